The zero-order chi connectivity index (χ0) is 13.4. The average Bonchev–Trinajstić information content (AvgIpc) is 2.37. The van der Waals surface area contributed by atoms with Crippen molar-refractivity contribution < 1.29 is 14.6 Å². The molecule has 1 rings (SSSR count). The van der Waals surface area contributed by atoms with E-state index >= 15 is 0 Å². The largest absolute Gasteiger partial charge is 0.389 e. The van der Waals surface area contributed by atoms with E-state index in [1.807, 2.05) is 0 Å². The summed E-state index contributed by atoms with van der Waals surface area (Å²) in [6.07, 6.45) is 3.11. The Bertz CT molecular complexity index is 216. The van der Waals surface area contributed by atoms with Gasteiger partial charge in [-0.15, -0.1) is 0 Å². The number of nitrogens with zero attached hydrogens (tertiary/aromatic N) is 1. The molecule has 5 heteroatoms. The molecule has 0 radical (unpaired) electrons. The summed E-state index contributed by atoms with van der Waals surface area (Å²) in [5.74, 6) is 0. The molecule has 1 aliphatic rings. The lowest BCUT2D eigenvalue weighted by Crippen LogP contribution is -2.52. The number of likely N-dealkylation sites (tertiary alicyclic amines) is 1. The van der Waals surface area contributed by atoms with Crippen molar-refractivity contribution in [1.82, 2.24) is 4.90 Å². The summed E-state index contributed by atoms with van der Waals surface area (Å²) in [7, 11) is 1.64. The molecule has 1 fully saturated rings. The number of rotatable bonds is 8. The Balaban J connectivity index is 2.28. The van der Waals surface area contributed by atoms with Gasteiger partial charge in [-0.2, -0.15) is 0 Å². The molecule has 0 spiro atoms. The van der Waals surface area contributed by atoms with Gasteiger partial charge in [-0.3, -0.25) is 4.90 Å². The van der Waals surface area contributed by atoms with Crippen LogP contribution in [0.2, 0.25) is 0 Å². The SMILES string of the molecule is COCCOCC(O)CN1C(C)CCCC1CN. The van der Waals surface area contributed by atoms with Crippen LogP contribution in [0.5, 0.6) is 0 Å². The molecule has 0 saturated carbocycles. The Morgan fingerprint density at radius 2 is 2.17 bits per heavy atom. The average molecular weight is 260 g/mol. The van der Waals surface area contributed by atoms with Gasteiger partial charge in [0.1, 0.15) is 0 Å². The summed E-state index contributed by atoms with van der Waals surface area (Å²) < 4.78 is 10.2. The van der Waals surface area contributed by atoms with E-state index in [0.29, 0.717) is 45.0 Å². The third-order valence-electron chi connectivity index (χ3n) is 3.63. The number of nitrogens with two attached hydrogens (primary N) is 1. The van der Waals surface area contributed by atoms with Crippen LogP contribution in [0.4, 0.5) is 0 Å². The van der Waals surface area contributed by atoms with Crippen LogP contribution in [0.1, 0.15) is 26.2 Å². The first-order chi connectivity index (χ1) is 8.69. The van der Waals surface area contributed by atoms with Crippen molar-refractivity contribution >= 4 is 0 Å². The Morgan fingerprint density at radius 1 is 1.39 bits per heavy atom. The molecule has 0 aromatic rings. The summed E-state index contributed by atoms with van der Waals surface area (Å²) in [4.78, 5) is 2.33. The third kappa shape index (κ3) is 5.20. The number of β-amino-alcohol motifs (C(OH)–C–C–N with tert-alkyl or cyclic N) is 1. The molecule has 5 nitrogen and oxygen atoms in total. The van der Waals surface area contributed by atoms with Gasteiger partial charge in [0.2, 0.25) is 0 Å². The van der Waals surface area contributed by atoms with Crippen molar-refractivity contribution in [3.8, 4) is 0 Å². The summed E-state index contributed by atoms with van der Waals surface area (Å²) in [5.41, 5.74) is 5.80. The highest BCUT2D eigenvalue weighted by atomic mass is 16.5. The molecule has 3 atom stereocenters. The van der Waals surface area contributed by atoms with Crippen LogP contribution in [0.15, 0.2) is 0 Å². The molecule has 0 bridgehead atoms. The zero-order valence-corrected chi connectivity index (χ0v) is 11.7. The number of hydrogen-bond donors (Lipinski definition) is 2. The maximum atomic E-state index is 9.98. The Morgan fingerprint density at radius 3 is 2.83 bits per heavy atom. The fraction of sp³-hybridized carbons (Fsp3) is 1.00. The fourth-order valence-corrected chi connectivity index (χ4v) is 2.58. The normalized spacial score (nSPS) is 27.3. The third-order valence-corrected chi connectivity index (χ3v) is 3.63. The van der Waals surface area contributed by atoms with Crippen LogP contribution in [0.3, 0.4) is 0 Å². The number of ether oxygens (including phenoxy) is 2. The van der Waals surface area contributed by atoms with E-state index in [1.54, 1.807) is 7.11 Å². The monoisotopic (exact) mass is 260 g/mol. The van der Waals surface area contributed by atoms with Crippen LogP contribution in [-0.4, -0.2) is 68.2 Å². The van der Waals surface area contributed by atoms with Gasteiger partial charge in [0.15, 0.2) is 0 Å². The van der Waals surface area contributed by atoms with Gasteiger partial charge in [0.05, 0.1) is 25.9 Å². The highest BCUT2D eigenvalue weighted by Crippen LogP contribution is 2.22. The van der Waals surface area contributed by atoms with E-state index in [0.717, 1.165) is 6.42 Å². The van der Waals surface area contributed by atoms with Gasteiger partial charge in [-0.1, -0.05) is 6.42 Å². The van der Waals surface area contributed by atoms with Gasteiger partial charge in [-0.25, -0.2) is 0 Å². The van der Waals surface area contributed by atoms with Gasteiger partial charge in [-0.05, 0) is 19.8 Å². The quantitative estimate of drug-likeness (QED) is 0.611. The van der Waals surface area contributed by atoms with Gasteiger partial charge in [0, 0.05) is 32.3 Å². The molecule has 1 aliphatic heterocycles. The van der Waals surface area contributed by atoms with Gasteiger partial charge < -0.3 is 20.3 Å². The minimum absolute atomic E-state index is 0.365. The second-order valence-electron chi connectivity index (χ2n) is 5.09. The predicted molar refractivity (Wildman–Crippen MR) is 71.6 cm³/mol. The lowest BCUT2D eigenvalue weighted by Gasteiger charge is -2.41. The fourth-order valence-electron chi connectivity index (χ4n) is 2.58. The smallest absolute Gasteiger partial charge is 0.0900 e. The lowest BCUT2D eigenvalue weighted by atomic mass is 9.96. The molecule has 3 N–H and O–H groups in total. The summed E-state index contributed by atoms with van der Waals surface area (Å²) in [5, 5.41) is 9.98. The molecule has 3 unspecified atom stereocenters. The van der Waals surface area contributed by atoms with E-state index in [9.17, 15) is 5.11 Å². The topological polar surface area (TPSA) is 68.0 Å². The molecular weight excluding hydrogens is 232 g/mol. The molecule has 108 valence electrons. The molecule has 0 aromatic carbocycles. The molecule has 0 aromatic heterocycles. The second-order valence-corrected chi connectivity index (χ2v) is 5.09. The molecule has 0 aliphatic carbocycles. The first kappa shape index (κ1) is 15.9. The summed E-state index contributed by atoms with van der Waals surface area (Å²) in [6.45, 7) is 4.99. The van der Waals surface area contributed by atoms with Crippen molar-refractivity contribution in [2.45, 2.75) is 44.4 Å². The van der Waals surface area contributed by atoms with Crippen molar-refractivity contribution in [1.29, 1.82) is 0 Å². The van der Waals surface area contributed by atoms with Gasteiger partial charge in [0.25, 0.3) is 0 Å². The van der Waals surface area contributed by atoms with Crippen molar-refractivity contribution in [3.05, 3.63) is 0 Å². The van der Waals surface area contributed by atoms with Crippen molar-refractivity contribution in [2.24, 2.45) is 5.73 Å². The maximum Gasteiger partial charge on any atom is 0.0900 e. The number of aliphatic hydroxyl groups excluding tert-OH is 1. The van der Waals surface area contributed by atoms with E-state index in [2.05, 4.69) is 11.8 Å². The predicted octanol–water partition coefficient (Wildman–Crippen LogP) is 0.212. The number of piperidine rings is 1. The highest BCUT2D eigenvalue weighted by molar-refractivity contribution is 4.84. The minimum atomic E-state index is -0.448. The number of methoxy groups -OCH3 is 1. The van der Waals surface area contributed by atoms with E-state index < -0.39 is 6.10 Å². The first-order valence-corrected chi connectivity index (χ1v) is 6.89. The van der Waals surface area contributed by atoms with Crippen LogP contribution in [0, 0.1) is 0 Å². The molecule has 18 heavy (non-hydrogen) atoms. The van der Waals surface area contributed by atoms with Crippen LogP contribution in [-0.2, 0) is 9.47 Å². The second kappa shape index (κ2) is 8.82. The Kier molecular flexibility index (Phi) is 7.77. The van der Waals surface area contributed by atoms with Crippen LogP contribution in [0.25, 0.3) is 0 Å². The molecular formula is C13H28N2O3. The Hall–Kier alpha value is -0.200. The van der Waals surface area contributed by atoms with Crippen LogP contribution < -0.4 is 5.73 Å². The maximum absolute atomic E-state index is 9.98. The summed E-state index contributed by atoms with van der Waals surface area (Å²) in [6, 6.07) is 0.906. The van der Waals surface area contributed by atoms with Crippen molar-refractivity contribution in [3.63, 3.8) is 0 Å². The lowest BCUT2D eigenvalue weighted by molar-refractivity contribution is -0.0203. The Labute approximate surface area is 110 Å². The number of aliphatic hydroxyl groups is 1. The highest BCUT2D eigenvalue weighted by Gasteiger charge is 2.28. The molecule has 1 heterocycles. The van der Waals surface area contributed by atoms with E-state index in [4.69, 9.17) is 15.2 Å². The van der Waals surface area contributed by atoms with E-state index in [1.165, 1.54) is 12.8 Å². The molecule has 1 saturated heterocycles. The van der Waals surface area contributed by atoms with Crippen molar-refractivity contribution in [2.75, 3.05) is 40.0 Å². The van der Waals surface area contributed by atoms with E-state index in [-0.39, 0.29) is 0 Å². The molecule has 0 amide bonds. The minimum Gasteiger partial charge on any atom is -0.389 e. The summed E-state index contributed by atoms with van der Waals surface area (Å²) >= 11 is 0. The first-order valence-electron chi connectivity index (χ1n) is 6.89. The van der Waals surface area contributed by atoms with Crippen LogP contribution >= 0.6 is 0 Å². The number of hydrogen-bond acceptors (Lipinski definition) is 5. The standard InChI is InChI=1S/C13H28N2O3/c1-11-4-3-5-12(8-14)15(11)9-13(16)10-18-7-6-17-2/h11-13,16H,3-10,14H2,1-2H3. The van der Waals surface area contributed by atoms with Gasteiger partial charge >= 0.3 is 0 Å². The zero-order valence-electron chi connectivity index (χ0n) is 11.7.